The molecule has 2 aromatic rings. The summed E-state index contributed by atoms with van der Waals surface area (Å²) >= 11 is 0. The maximum atomic E-state index is 13.7. The van der Waals surface area contributed by atoms with Crippen molar-refractivity contribution < 1.29 is 50.6 Å². The summed E-state index contributed by atoms with van der Waals surface area (Å²) < 4.78 is 74.5. The minimum Gasteiger partial charge on any atom is -0.496 e. The lowest BCUT2D eigenvalue weighted by molar-refractivity contribution is -0.143. The number of hydrogen-bond donors (Lipinski definition) is 3. The third-order valence-corrected chi connectivity index (χ3v) is 10.7. The zero-order valence-corrected chi connectivity index (χ0v) is 25.5. The fourth-order valence-electron chi connectivity index (χ4n) is 6.90. The molecule has 11 nitrogen and oxygen atoms in total. The van der Waals surface area contributed by atoms with Crippen LogP contribution in [0.4, 0.5) is 18.9 Å². The van der Waals surface area contributed by atoms with E-state index in [0.29, 0.717) is 38.5 Å². The van der Waals surface area contributed by atoms with Crippen molar-refractivity contribution >= 4 is 33.3 Å². The maximum Gasteiger partial charge on any atom is 0.501 e. The molecular formula is C31H32F3N3O8S. The van der Waals surface area contributed by atoms with Crippen LogP contribution in [-0.4, -0.2) is 56.1 Å². The number of carbonyl (C=O) groups is 3. The molecule has 2 amide bonds. The number of anilines is 1. The van der Waals surface area contributed by atoms with E-state index in [1.54, 1.807) is 0 Å². The van der Waals surface area contributed by atoms with Gasteiger partial charge >= 0.3 is 11.5 Å². The number of hydrogen-bond acceptors (Lipinski definition) is 8. The third-order valence-electron chi connectivity index (χ3n) is 9.22. The predicted molar refractivity (Wildman–Crippen MR) is 156 cm³/mol. The van der Waals surface area contributed by atoms with Gasteiger partial charge in [-0.1, -0.05) is 6.07 Å². The number of carbonyl (C=O) groups excluding carboxylic acids is 2. The van der Waals surface area contributed by atoms with Crippen molar-refractivity contribution in [2.24, 2.45) is 23.7 Å². The monoisotopic (exact) mass is 663 g/mol. The number of amides is 2. The summed E-state index contributed by atoms with van der Waals surface area (Å²) in [5, 5.41) is 24.5. The second-order valence-corrected chi connectivity index (χ2v) is 13.9. The first kappa shape index (κ1) is 33.1. The minimum absolute atomic E-state index is 0.0499. The molecule has 15 heteroatoms. The summed E-state index contributed by atoms with van der Waals surface area (Å²) in [6, 6.07) is 8.09. The Balaban J connectivity index is 1.34. The number of nitriles is 1. The Morgan fingerprint density at radius 3 is 2.33 bits per heavy atom. The zero-order chi connectivity index (χ0) is 33.4. The molecule has 0 aromatic heterocycles. The average Bonchev–Trinajstić information content (AvgIpc) is 3.63. The van der Waals surface area contributed by atoms with Crippen LogP contribution in [-0.2, 0) is 19.4 Å². The van der Waals surface area contributed by atoms with Crippen molar-refractivity contribution in [1.82, 2.24) is 5.32 Å². The van der Waals surface area contributed by atoms with Crippen molar-refractivity contribution in [2.45, 2.75) is 67.5 Å². The standard InChI is InChI=1S/C31H32F3N3O8S/c1-44-25-12-19(15-35)24(45-21-9-7-16(8-10-21)30(40)41)14-23(25)28(38)37-27-18-6-5-17(11-18)26(27)29(39)36-20-3-2-4-22(13-20)46(42,43)31(32,33)34/h2-4,12-14,16-18,21,26-27H,5-11H2,1H3,(H,36,39)(H,37,38)(H,40,41)/t16-,17-,18+,21+,26+,27-/m1/s1. The number of rotatable bonds is 9. The van der Waals surface area contributed by atoms with Crippen LogP contribution in [0.3, 0.4) is 0 Å². The average molecular weight is 664 g/mol. The van der Waals surface area contributed by atoms with Crippen LogP contribution >= 0.6 is 0 Å². The highest BCUT2D eigenvalue weighted by atomic mass is 32.2. The van der Waals surface area contributed by atoms with Gasteiger partial charge in [-0.3, -0.25) is 14.4 Å². The Morgan fingerprint density at radius 2 is 1.70 bits per heavy atom. The number of carboxylic acid groups (broad SMARTS) is 1. The molecule has 46 heavy (non-hydrogen) atoms. The molecule has 3 aliphatic carbocycles. The maximum absolute atomic E-state index is 13.7. The number of ether oxygens (including phenoxy) is 2. The molecule has 0 aliphatic heterocycles. The predicted octanol–water partition coefficient (Wildman–Crippen LogP) is 4.67. The van der Waals surface area contributed by atoms with Crippen LogP contribution in [0.1, 0.15) is 60.9 Å². The molecule has 246 valence electrons. The van der Waals surface area contributed by atoms with Gasteiger partial charge in [0, 0.05) is 17.8 Å². The molecule has 2 aromatic carbocycles. The largest absolute Gasteiger partial charge is 0.501 e. The summed E-state index contributed by atoms with van der Waals surface area (Å²) in [5.74, 6) is -3.14. The fourth-order valence-corrected chi connectivity index (χ4v) is 7.71. The number of nitrogens with one attached hydrogen (secondary N) is 2. The summed E-state index contributed by atoms with van der Waals surface area (Å²) in [4.78, 5) is 37.5. The highest BCUT2D eigenvalue weighted by Crippen LogP contribution is 2.49. The molecule has 0 saturated heterocycles. The molecule has 3 saturated carbocycles. The lowest BCUT2D eigenvalue weighted by atomic mass is 9.83. The quantitative estimate of drug-likeness (QED) is 0.345. The number of aliphatic carboxylic acids is 1. The number of carboxylic acids is 1. The van der Waals surface area contributed by atoms with E-state index in [-0.39, 0.29) is 46.3 Å². The molecule has 2 bridgehead atoms. The second-order valence-electron chi connectivity index (χ2n) is 11.9. The number of sulfone groups is 1. The number of fused-ring (bicyclic) bond motifs is 2. The summed E-state index contributed by atoms with van der Waals surface area (Å²) in [5.41, 5.74) is -5.45. The third kappa shape index (κ3) is 6.48. The minimum atomic E-state index is -5.62. The SMILES string of the molecule is COc1cc(C#N)c(O[C@H]2CC[C@@H](C(=O)O)CC2)cc1C(=O)N[C@@H]1[C@H]2CC[C@H](C2)[C@@H]1C(=O)Nc1cccc(S(=O)(=O)C(F)(F)F)c1. The van der Waals surface area contributed by atoms with Gasteiger partial charge in [0.05, 0.1) is 41.1 Å². The van der Waals surface area contributed by atoms with Crippen LogP contribution in [0.2, 0.25) is 0 Å². The highest BCUT2D eigenvalue weighted by Gasteiger charge is 2.52. The first-order chi connectivity index (χ1) is 21.7. The van der Waals surface area contributed by atoms with E-state index in [2.05, 4.69) is 10.6 Å². The number of benzene rings is 2. The van der Waals surface area contributed by atoms with E-state index in [4.69, 9.17) is 9.47 Å². The smallest absolute Gasteiger partial charge is 0.496 e. The Bertz CT molecular complexity index is 1680. The lowest BCUT2D eigenvalue weighted by Gasteiger charge is -2.31. The van der Waals surface area contributed by atoms with Gasteiger partial charge in [0.25, 0.3) is 15.7 Å². The molecule has 4 atom stereocenters. The van der Waals surface area contributed by atoms with E-state index in [9.17, 15) is 46.3 Å². The van der Waals surface area contributed by atoms with Gasteiger partial charge < -0.3 is 25.2 Å². The zero-order valence-electron chi connectivity index (χ0n) is 24.7. The van der Waals surface area contributed by atoms with Crippen molar-refractivity contribution in [1.29, 1.82) is 5.26 Å². The van der Waals surface area contributed by atoms with E-state index in [0.717, 1.165) is 24.6 Å². The molecule has 0 unspecified atom stereocenters. The normalized spacial score (nSPS) is 25.7. The molecule has 0 spiro atoms. The van der Waals surface area contributed by atoms with E-state index < -0.39 is 55.9 Å². The first-order valence-electron chi connectivity index (χ1n) is 14.8. The number of methoxy groups -OCH3 is 1. The van der Waals surface area contributed by atoms with Crippen molar-refractivity contribution in [3.63, 3.8) is 0 Å². The molecule has 3 fully saturated rings. The number of halogens is 3. The van der Waals surface area contributed by atoms with Gasteiger partial charge in [-0.25, -0.2) is 8.42 Å². The number of alkyl halides is 3. The number of nitrogens with zero attached hydrogens (tertiary/aromatic N) is 1. The molecular weight excluding hydrogens is 631 g/mol. The van der Waals surface area contributed by atoms with Gasteiger partial charge in [0.1, 0.15) is 17.6 Å². The van der Waals surface area contributed by atoms with Gasteiger partial charge in [-0.15, -0.1) is 0 Å². The van der Waals surface area contributed by atoms with Crippen LogP contribution in [0.15, 0.2) is 41.3 Å². The Labute approximate surface area is 263 Å². The first-order valence-corrected chi connectivity index (χ1v) is 16.3. The van der Waals surface area contributed by atoms with Crippen molar-refractivity contribution in [3.05, 3.63) is 47.5 Å². The fraction of sp³-hybridized carbons (Fsp3) is 0.484. The second kappa shape index (κ2) is 12.8. The summed E-state index contributed by atoms with van der Waals surface area (Å²) in [6.45, 7) is 0. The Morgan fingerprint density at radius 1 is 1.00 bits per heavy atom. The molecule has 5 rings (SSSR count). The molecule has 0 heterocycles. The van der Waals surface area contributed by atoms with Crippen LogP contribution in [0, 0.1) is 35.0 Å². The van der Waals surface area contributed by atoms with Crippen molar-refractivity contribution in [3.8, 4) is 17.6 Å². The summed E-state index contributed by atoms with van der Waals surface area (Å²) in [6.07, 6.45) is 3.50. The molecule has 3 aliphatic rings. The van der Waals surface area contributed by atoms with E-state index in [1.165, 1.54) is 25.3 Å². The van der Waals surface area contributed by atoms with Gasteiger partial charge in [0.15, 0.2) is 0 Å². The van der Waals surface area contributed by atoms with Crippen LogP contribution < -0.4 is 20.1 Å². The van der Waals surface area contributed by atoms with Gasteiger partial charge in [0.2, 0.25) is 5.91 Å². The highest BCUT2D eigenvalue weighted by molar-refractivity contribution is 7.92. The Hall–Kier alpha value is -4.32. The van der Waals surface area contributed by atoms with E-state index in [1.807, 2.05) is 6.07 Å². The van der Waals surface area contributed by atoms with Gasteiger partial charge in [-0.2, -0.15) is 18.4 Å². The van der Waals surface area contributed by atoms with Crippen molar-refractivity contribution in [2.75, 3.05) is 12.4 Å². The Kier molecular flexibility index (Phi) is 9.21. The van der Waals surface area contributed by atoms with Gasteiger partial charge in [-0.05, 0) is 81.0 Å². The van der Waals surface area contributed by atoms with E-state index >= 15 is 0 Å². The molecule has 0 radical (unpaired) electrons. The topological polar surface area (TPSA) is 172 Å². The van der Waals surface area contributed by atoms with Crippen LogP contribution in [0.5, 0.6) is 11.5 Å². The lowest BCUT2D eigenvalue weighted by Crippen LogP contribution is -2.48. The van der Waals surface area contributed by atoms with Crippen LogP contribution in [0.25, 0.3) is 0 Å². The summed E-state index contributed by atoms with van der Waals surface area (Å²) in [7, 11) is -4.29. The molecule has 3 N–H and O–H groups in total.